The second-order valence-electron chi connectivity index (χ2n) is 4.79. The zero-order valence-corrected chi connectivity index (χ0v) is 12.3. The third-order valence-corrected chi connectivity index (χ3v) is 3.84. The molecule has 17 heavy (non-hydrogen) atoms. The van der Waals surface area contributed by atoms with Crippen LogP contribution in [0.15, 0.2) is 12.2 Å². The Morgan fingerprint density at radius 1 is 1.06 bits per heavy atom. The van der Waals surface area contributed by atoms with E-state index in [1.807, 2.05) is 6.92 Å². The summed E-state index contributed by atoms with van der Waals surface area (Å²) < 4.78 is 0. The van der Waals surface area contributed by atoms with Gasteiger partial charge in [-0.2, -0.15) is 0 Å². The molecule has 100 valence electrons. The summed E-state index contributed by atoms with van der Waals surface area (Å²) in [5, 5.41) is 0. The summed E-state index contributed by atoms with van der Waals surface area (Å²) >= 11 is 0. The van der Waals surface area contributed by atoms with Crippen molar-refractivity contribution in [3.05, 3.63) is 12.2 Å². The molecule has 0 spiro atoms. The molecule has 0 radical (unpaired) electrons. The van der Waals surface area contributed by atoms with Crippen molar-refractivity contribution in [3.63, 3.8) is 0 Å². The van der Waals surface area contributed by atoms with E-state index in [0.29, 0.717) is 12.2 Å². The van der Waals surface area contributed by atoms with Gasteiger partial charge in [0.2, 0.25) is 0 Å². The summed E-state index contributed by atoms with van der Waals surface area (Å²) in [6.07, 6.45) is 3.26. The molecule has 0 aliphatic heterocycles. The smallest absolute Gasteiger partial charge is 0.153 e. The average molecular weight is 239 g/mol. The maximum absolute atomic E-state index is 12.5. The summed E-state index contributed by atoms with van der Waals surface area (Å²) in [7, 11) is 0. The molecular formula is C15H29NO. The highest BCUT2D eigenvalue weighted by molar-refractivity contribution is 5.88. The molecule has 0 N–H and O–H groups in total. The lowest BCUT2D eigenvalue weighted by atomic mass is 9.83. The van der Waals surface area contributed by atoms with Crippen molar-refractivity contribution in [2.24, 2.45) is 0 Å². The second kappa shape index (κ2) is 7.65. The van der Waals surface area contributed by atoms with E-state index in [1.165, 1.54) is 0 Å². The Morgan fingerprint density at radius 3 is 1.82 bits per heavy atom. The Bertz CT molecular complexity index is 250. The maximum Gasteiger partial charge on any atom is 0.153 e. The molecule has 0 saturated heterocycles. The molecule has 2 nitrogen and oxygen atoms in total. The van der Waals surface area contributed by atoms with E-state index < -0.39 is 0 Å². The summed E-state index contributed by atoms with van der Waals surface area (Å²) in [5.41, 5.74) is 0.845. The molecule has 0 aliphatic rings. The minimum Gasteiger partial charge on any atom is -0.298 e. The van der Waals surface area contributed by atoms with Crippen LogP contribution in [0.25, 0.3) is 0 Å². The molecule has 2 heteroatoms. The molecule has 0 aromatic carbocycles. The van der Waals surface area contributed by atoms with Gasteiger partial charge in [-0.05, 0) is 39.3 Å². The minimum absolute atomic E-state index is 0.251. The Balaban J connectivity index is 4.91. The normalized spacial score (nSPS) is 11.9. The third kappa shape index (κ3) is 3.95. The van der Waals surface area contributed by atoms with Gasteiger partial charge < -0.3 is 0 Å². The fraction of sp³-hybridized carbons (Fsp3) is 0.800. The van der Waals surface area contributed by atoms with Crippen molar-refractivity contribution < 1.29 is 4.79 Å². The van der Waals surface area contributed by atoms with E-state index in [9.17, 15) is 4.79 Å². The molecule has 0 fully saturated rings. The Morgan fingerprint density at radius 2 is 1.53 bits per heavy atom. The van der Waals surface area contributed by atoms with E-state index in [1.54, 1.807) is 0 Å². The van der Waals surface area contributed by atoms with Crippen molar-refractivity contribution in [1.82, 2.24) is 4.90 Å². The first-order chi connectivity index (χ1) is 7.98. The van der Waals surface area contributed by atoms with Gasteiger partial charge in [0, 0.05) is 6.42 Å². The number of nitrogens with zero attached hydrogens (tertiary/aromatic N) is 1. The van der Waals surface area contributed by atoms with E-state index in [-0.39, 0.29) is 5.54 Å². The number of carbonyl (C=O) groups is 1. The summed E-state index contributed by atoms with van der Waals surface area (Å²) in [6, 6.07) is 0. The van der Waals surface area contributed by atoms with Crippen LogP contribution in [0, 0.1) is 0 Å². The summed E-state index contributed by atoms with van der Waals surface area (Å²) in [5.74, 6) is 0.384. The summed E-state index contributed by atoms with van der Waals surface area (Å²) in [4.78, 5) is 14.8. The standard InChI is InChI=1S/C15H29NO/c1-7-15(8-2,16(9-3)10-4)14(17)12-11-13(5)6/h5,7-12H2,1-4,6H3. The SMILES string of the molecule is C=C(C)CCC(=O)C(CC)(CC)N(CC)CC. The van der Waals surface area contributed by atoms with Crippen molar-refractivity contribution in [2.45, 2.75) is 65.8 Å². The number of Topliss-reactive ketones (excluding diaryl/α,β-unsaturated/α-hetero) is 1. The molecule has 0 aromatic rings. The largest absolute Gasteiger partial charge is 0.298 e. The van der Waals surface area contributed by atoms with E-state index >= 15 is 0 Å². The number of ketones is 1. The third-order valence-electron chi connectivity index (χ3n) is 3.84. The predicted octanol–water partition coefficient (Wildman–Crippen LogP) is 3.81. The van der Waals surface area contributed by atoms with E-state index in [0.717, 1.165) is 37.9 Å². The number of rotatable bonds is 9. The van der Waals surface area contributed by atoms with Crippen LogP contribution in [0.2, 0.25) is 0 Å². The Labute approximate surface area is 107 Å². The van der Waals surface area contributed by atoms with E-state index in [4.69, 9.17) is 0 Å². The zero-order valence-electron chi connectivity index (χ0n) is 12.3. The van der Waals surface area contributed by atoms with Crippen molar-refractivity contribution in [1.29, 1.82) is 0 Å². The van der Waals surface area contributed by atoms with Crippen molar-refractivity contribution in [3.8, 4) is 0 Å². The quantitative estimate of drug-likeness (QED) is 0.570. The van der Waals surface area contributed by atoms with Crippen LogP contribution in [-0.4, -0.2) is 29.3 Å². The fourth-order valence-corrected chi connectivity index (χ4v) is 2.66. The Hall–Kier alpha value is -0.630. The van der Waals surface area contributed by atoms with Gasteiger partial charge in [0.25, 0.3) is 0 Å². The molecule has 0 aliphatic carbocycles. The van der Waals surface area contributed by atoms with Gasteiger partial charge in [0.05, 0.1) is 5.54 Å². The molecule has 0 saturated carbocycles. The lowest BCUT2D eigenvalue weighted by molar-refractivity contribution is -0.132. The summed E-state index contributed by atoms with van der Waals surface area (Å²) in [6.45, 7) is 16.3. The molecule has 0 heterocycles. The maximum atomic E-state index is 12.5. The zero-order chi connectivity index (χ0) is 13.5. The first-order valence-corrected chi connectivity index (χ1v) is 6.91. The van der Waals surface area contributed by atoms with Crippen LogP contribution < -0.4 is 0 Å². The van der Waals surface area contributed by atoms with Gasteiger partial charge in [-0.25, -0.2) is 0 Å². The average Bonchev–Trinajstić information content (AvgIpc) is 2.33. The number of hydrogen-bond acceptors (Lipinski definition) is 2. The topological polar surface area (TPSA) is 20.3 Å². The Kier molecular flexibility index (Phi) is 7.37. The van der Waals surface area contributed by atoms with Crippen LogP contribution >= 0.6 is 0 Å². The minimum atomic E-state index is -0.251. The lowest BCUT2D eigenvalue weighted by Crippen LogP contribution is -2.53. The number of allylic oxidation sites excluding steroid dienone is 1. The number of likely N-dealkylation sites (N-methyl/N-ethyl adjacent to an activating group) is 1. The van der Waals surface area contributed by atoms with Crippen LogP contribution in [0.4, 0.5) is 0 Å². The van der Waals surface area contributed by atoms with Gasteiger partial charge in [0.15, 0.2) is 5.78 Å². The monoisotopic (exact) mass is 239 g/mol. The molecule has 0 rings (SSSR count). The van der Waals surface area contributed by atoms with Crippen LogP contribution in [0.3, 0.4) is 0 Å². The van der Waals surface area contributed by atoms with Crippen LogP contribution in [0.5, 0.6) is 0 Å². The lowest BCUT2D eigenvalue weighted by Gasteiger charge is -2.41. The van der Waals surface area contributed by atoms with Crippen molar-refractivity contribution in [2.75, 3.05) is 13.1 Å². The molecule has 0 bridgehead atoms. The second-order valence-corrected chi connectivity index (χ2v) is 4.79. The van der Waals surface area contributed by atoms with Crippen LogP contribution in [-0.2, 0) is 4.79 Å². The molecule has 0 unspecified atom stereocenters. The fourth-order valence-electron chi connectivity index (χ4n) is 2.66. The highest BCUT2D eigenvalue weighted by Gasteiger charge is 2.38. The van der Waals surface area contributed by atoms with Gasteiger partial charge in [-0.15, -0.1) is 6.58 Å². The van der Waals surface area contributed by atoms with Crippen molar-refractivity contribution >= 4 is 5.78 Å². The predicted molar refractivity (Wildman–Crippen MR) is 75.3 cm³/mol. The molecule has 0 amide bonds. The van der Waals surface area contributed by atoms with Gasteiger partial charge in [0.1, 0.15) is 0 Å². The molecule has 0 aromatic heterocycles. The number of hydrogen-bond donors (Lipinski definition) is 0. The highest BCUT2D eigenvalue weighted by atomic mass is 16.1. The molecular weight excluding hydrogens is 210 g/mol. The number of carbonyl (C=O) groups excluding carboxylic acids is 1. The first-order valence-electron chi connectivity index (χ1n) is 6.91. The molecule has 0 atom stereocenters. The van der Waals surface area contributed by atoms with Crippen LogP contribution in [0.1, 0.15) is 60.3 Å². The van der Waals surface area contributed by atoms with Gasteiger partial charge in [-0.1, -0.05) is 33.3 Å². The van der Waals surface area contributed by atoms with E-state index in [2.05, 4.69) is 39.2 Å². The van der Waals surface area contributed by atoms with Gasteiger partial charge in [-0.3, -0.25) is 9.69 Å². The first kappa shape index (κ1) is 16.4. The van der Waals surface area contributed by atoms with Gasteiger partial charge >= 0.3 is 0 Å². The highest BCUT2D eigenvalue weighted by Crippen LogP contribution is 2.27.